The highest BCUT2D eigenvalue weighted by molar-refractivity contribution is 8.00. The molecule has 1 atom stereocenters. The molecule has 0 aromatic heterocycles. The molecular weight excluding hydrogens is 298 g/mol. The summed E-state index contributed by atoms with van der Waals surface area (Å²) in [5.74, 6) is 2.28. The average Bonchev–Trinajstić information content (AvgIpc) is 2.48. The molecule has 1 aromatic carbocycles. The second-order valence-electron chi connectivity index (χ2n) is 5.94. The topological polar surface area (TPSA) is 47.6 Å². The molecule has 0 aliphatic carbocycles. The minimum atomic E-state index is -0.465. The summed E-state index contributed by atoms with van der Waals surface area (Å²) >= 11 is 1.83. The maximum absolute atomic E-state index is 12.2. The Hall–Kier alpha value is -1.36. The summed E-state index contributed by atoms with van der Waals surface area (Å²) in [6, 6.07) is 7.26. The first-order valence-corrected chi connectivity index (χ1v) is 8.56. The Bertz CT molecular complexity index is 454. The third kappa shape index (κ3) is 7.07. The Labute approximate surface area is 138 Å². The van der Waals surface area contributed by atoms with Crippen molar-refractivity contribution in [3.8, 4) is 11.5 Å². The second-order valence-corrected chi connectivity index (χ2v) is 7.86. The Morgan fingerprint density at radius 3 is 2.32 bits per heavy atom. The summed E-state index contributed by atoms with van der Waals surface area (Å²) in [4.78, 5) is 12.2. The number of carbonyl (C=O) groups is 1. The zero-order chi connectivity index (χ0) is 16.6. The SMILES string of the molecule is CCC(Oc1ccc(OC)cc1)C(=O)NCCSC(C)(C)C. The summed E-state index contributed by atoms with van der Waals surface area (Å²) in [5.41, 5.74) is 0. The molecule has 5 heteroatoms. The van der Waals surface area contributed by atoms with Crippen molar-refractivity contribution in [3.05, 3.63) is 24.3 Å². The minimum Gasteiger partial charge on any atom is -0.497 e. The standard InChI is InChI=1S/C17H27NO3S/c1-6-15(16(19)18-11-12-22-17(2,3)4)21-14-9-7-13(20-5)8-10-14/h7-10,15H,6,11-12H2,1-5H3,(H,18,19). The highest BCUT2D eigenvalue weighted by atomic mass is 32.2. The van der Waals surface area contributed by atoms with Gasteiger partial charge < -0.3 is 14.8 Å². The lowest BCUT2D eigenvalue weighted by Crippen LogP contribution is -2.39. The first-order valence-electron chi connectivity index (χ1n) is 7.58. The fourth-order valence-electron chi connectivity index (χ4n) is 1.79. The summed E-state index contributed by atoms with van der Waals surface area (Å²) in [6.07, 6.45) is 0.164. The third-order valence-electron chi connectivity index (χ3n) is 2.94. The van der Waals surface area contributed by atoms with E-state index in [2.05, 4.69) is 26.1 Å². The number of amides is 1. The Morgan fingerprint density at radius 2 is 1.82 bits per heavy atom. The van der Waals surface area contributed by atoms with Gasteiger partial charge in [0, 0.05) is 17.0 Å². The molecule has 124 valence electrons. The predicted molar refractivity (Wildman–Crippen MR) is 92.9 cm³/mol. The van der Waals surface area contributed by atoms with Crippen LogP contribution < -0.4 is 14.8 Å². The molecule has 1 N–H and O–H groups in total. The number of thioether (sulfide) groups is 1. The molecule has 0 radical (unpaired) electrons. The van der Waals surface area contributed by atoms with Crippen molar-refractivity contribution in [2.24, 2.45) is 0 Å². The lowest BCUT2D eigenvalue weighted by atomic mass is 10.2. The van der Waals surface area contributed by atoms with Gasteiger partial charge >= 0.3 is 0 Å². The monoisotopic (exact) mass is 325 g/mol. The molecule has 0 aliphatic heterocycles. The van der Waals surface area contributed by atoms with Gasteiger partial charge in [-0.05, 0) is 30.7 Å². The third-order valence-corrected chi connectivity index (χ3v) is 4.21. The van der Waals surface area contributed by atoms with E-state index in [9.17, 15) is 4.79 Å². The smallest absolute Gasteiger partial charge is 0.261 e. The molecule has 0 heterocycles. The Balaban J connectivity index is 2.43. The van der Waals surface area contributed by atoms with Gasteiger partial charge in [0.25, 0.3) is 5.91 Å². The van der Waals surface area contributed by atoms with Crippen LogP contribution in [0.25, 0.3) is 0 Å². The van der Waals surface area contributed by atoms with Crippen molar-refractivity contribution in [2.75, 3.05) is 19.4 Å². The summed E-state index contributed by atoms with van der Waals surface area (Å²) in [7, 11) is 1.62. The lowest BCUT2D eigenvalue weighted by Gasteiger charge is -2.19. The van der Waals surface area contributed by atoms with Gasteiger partial charge in [0.1, 0.15) is 11.5 Å². The number of benzene rings is 1. The summed E-state index contributed by atoms with van der Waals surface area (Å²) in [6.45, 7) is 9.10. The highest BCUT2D eigenvalue weighted by Gasteiger charge is 2.18. The summed E-state index contributed by atoms with van der Waals surface area (Å²) in [5, 5.41) is 2.94. The van der Waals surface area contributed by atoms with E-state index in [-0.39, 0.29) is 10.7 Å². The van der Waals surface area contributed by atoms with Crippen LogP contribution in [-0.2, 0) is 4.79 Å². The van der Waals surface area contributed by atoms with E-state index in [0.29, 0.717) is 18.7 Å². The highest BCUT2D eigenvalue weighted by Crippen LogP contribution is 2.22. The van der Waals surface area contributed by atoms with Crippen molar-refractivity contribution >= 4 is 17.7 Å². The first-order chi connectivity index (χ1) is 10.4. The number of hydrogen-bond acceptors (Lipinski definition) is 4. The largest absolute Gasteiger partial charge is 0.497 e. The van der Waals surface area contributed by atoms with Crippen LogP contribution in [0.3, 0.4) is 0 Å². The zero-order valence-corrected chi connectivity index (χ0v) is 15.0. The second kappa shape index (κ2) is 8.93. The van der Waals surface area contributed by atoms with Gasteiger partial charge in [-0.3, -0.25) is 4.79 Å². The van der Waals surface area contributed by atoms with Crippen molar-refractivity contribution in [1.29, 1.82) is 0 Å². The Kier molecular flexibility index (Phi) is 7.59. The van der Waals surface area contributed by atoms with Gasteiger partial charge in [-0.1, -0.05) is 27.7 Å². The van der Waals surface area contributed by atoms with Crippen LogP contribution in [-0.4, -0.2) is 36.2 Å². The molecular formula is C17H27NO3S. The van der Waals surface area contributed by atoms with Crippen LogP contribution in [0, 0.1) is 0 Å². The number of hydrogen-bond donors (Lipinski definition) is 1. The molecule has 0 saturated heterocycles. The molecule has 4 nitrogen and oxygen atoms in total. The van der Waals surface area contributed by atoms with Gasteiger partial charge in [0.05, 0.1) is 7.11 Å². The maximum Gasteiger partial charge on any atom is 0.261 e. The quantitative estimate of drug-likeness (QED) is 0.743. The molecule has 0 saturated carbocycles. The molecule has 0 bridgehead atoms. The van der Waals surface area contributed by atoms with Crippen molar-refractivity contribution in [3.63, 3.8) is 0 Å². The van der Waals surface area contributed by atoms with E-state index in [1.54, 1.807) is 7.11 Å². The minimum absolute atomic E-state index is 0.0622. The van der Waals surface area contributed by atoms with Crippen molar-refractivity contribution in [2.45, 2.75) is 45.0 Å². The first kappa shape index (κ1) is 18.7. The van der Waals surface area contributed by atoms with Crippen LogP contribution in [0.5, 0.6) is 11.5 Å². The van der Waals surface area contributed by atoms with Gasteiger partial charge in [-0.2, -0.15) is 11.8 Å². The molecule has 0 spiro atoms. The molecule has 1 aromatic rings. The van der Waals surface area contributed by atoms with E-state index in [1.807, 2.05) is 43.0 Å². The molecule has 0 aliphatic rings. The van der Waals surface area contributed by atoms with E-state index < -0.39 is 6.10 Å². The predicted octanol–water partition coefficient (Wildman–Crippen LogP) is 3.50. The number of nitrogens with one attached hydrogen (secondary N) is 1. The van der Waals surface area contributed by atoms with E-state index in [0.717, 1.165) is 11.5 Å². The van der Waals surface area contributed by atoms with Crippen LogP contribution in [0.15, 0.2) is 24.3 Å². The molecule has 1 rings (SSSR count). The van der Waals surface area contributed by atoms with Crippen LogP contribution in [0.2, 0.25) is 0 Å². The maximum atomic E-state index is 12.2. The van der Waals surface area contributed by atoms with Crippen LogP contribution in [0.1, 0.15) is 34.1 Å². The van der Waals surface area contributed by atoms with E-state index >= 15 is 0 Å². The normalized spacial score (nSPS) is 12.6. The number of rotatable bonds is 8. The molecule has 1 unspecified atom stereocenters. The lowest BCUT2D eigenvalue weighted by molar-refractivity contribution is -0.127. The average molecular weight is 325 g/mol. The van der Waals surface area contributed by atoms with Crippen LogP contribution >= 0.6 is 11.8 Å². The molecule has 22 heavy (non-hydrogen) atoms. The van der Waals surface area contributed by atoms with Crippen molar-refractivity contribution < 1.29 is 14.3 Å². The van der Waals surface area contributed by atoms with Gasteiger partial charge in [-0.25, -0.2) is 0 Å². The van der Waals surface area contributed by atoms with Crippen LogP contribution in [0.4, 0.5) is 0 Å². The number of carbonyl (C=O) groups excluding carboxylic acids is 1. The fraction of sp³-hybridized carbons (Fsp3) is 0.588. The number of methoxy groups -OCH3 is 1. The summed E-state index contributed by atoms with van der Waals surface area (Å²) < 4.78 is 11.1. The van der Waals surface area contributed by atoms with Gasteiger partial charge in [-0.15, -0.1) is 0 Å². The van der Waals surface area contributed by atoms with E-state index in [1.165, 1.54) is 0 Å². The van der Waals surface area contributed by atoms with Gasteiger partial charge in [0.15, 0.2) is 6.10 Å². The Morgan fingerprint density at radius 1 is 1.23 bits per heavy atom. The van der Waals surface area contributed by atoms with Gasteiger partial charge in [0.2, 0.25) is 0 Å². The molecule has 0 fully saturated rings. The van der Waals surface area contributed by atoms with E-state index in [4.69, 9.17) is 9.47 Å². The number of ether oxygens (including phenoxy) is 2. The fourth-order valence-corrected chi connectivity index (χ4v) is 2.60. The van der Waals surface area contributed by atoms with Crippen molar-refractivity contribution in [1.82, 2.24) is 5.32 Å². The zero-order valence-electron chi connectivity index (χ0n) is 14.1. The molecule has 1 amide bonds.